The van der Waals surface area contributed by atoms with Gasteiger partial charge in [-0.25, -0.2) is 8.78 Å². The third-order valence-corrected chi connectivity index (χ3v) is 7.71. The van der Waals surface area contributed by atoms with E-state index < -0.39 is 59.4 Å². The van der Waals surface area contributed by atoms with E-state index in [4.69, 9.17) is 0 Å². The maximum absolute atomic E-state index is 14.0. The van der Waals surface area contributed by atoms with Gasteiger partial charge in [-0.05, 0) is 41.7 Å². The van der Waals surface area contributed by atoms with Crippen molar-refractivity contribution in [1.82, 2.24) is 20.9 Å². The minimum Gasteiger partial charge on any atom is -0.342 e. The molecule has 42 heavy (non-hydrogen) atoms. The van der Waals surface area contributed by atoms with Gasteiger partial charge in [-0.2, -0.15) is 0 Å². The number of benzene rings is 3. The minimum atomic E-state index is -1.24. The van der Waals surface area contributed by atoms with Crippen molar-refractivity contribution in [2.24, 2.45) is 0 Å². The summed E-state index contributed by atoms with van der Waals surface area (Å²) in [5.41, 5.74) is 1.86. The molecule has 2 heterocycles. The zero-order valence-electron chi connectivity index (χ0n) is 22.9. The summed E-state index contributed by atoms with van der Waals surface area (Å²) in [6, 6.07) is 17.4. The van der Waals surface area contributed by atoms with Gasteiger partial charge in [-0.15, -0.1) is 0 Å². The Morgan fingerprint density at radius 2 is 1.14 bits per heavy atom. The Kier molecular flexibility index (Phi) is 8.90. The molecular weight excluding hydrogens is 542 g/mol. The molecule has 4 atom stereocenters. The highest BCUT2D eigenvalue weighted by Crippen LogP contribution is 2.21. The molecule has 0 aromatic heterocycles. The summed E-state index contributed by atoms with van der Waals surface area (Å²) in [6.45, 7) is 0.339. The molecule has 4 amide bonds. The van der Waals surface area contributed by atoms with Crippen molar-refractivity contribution in [3.8, 4) is 0 Å². The van der Waals surface area contributed by atoms with Gasteiger partial charge in [0, 0.05) is 25.8 Å². The number of nitrogens with one attached hydrogen (secondary N) is 3. The van der Waals surface area contributed by atoms with Crippen LogP contribution in [0.25, 0.3) is 0 Å². The second kappa shape index (κ2) is 12.9. The molecule has 2 aliphatic heterocycles. The number of carbonyl (C=O) groups is 4. The lowest BCUT2D eigenvalue weighted by molar-refractivity contribution is -0.143. The van der Waals surface area contributed by atoms with E-state index in [0.717, 1.165) is 23.3 Å². The Balaban J connectivity index is 1.50. The zero-order chi connectivity index (χ0) is 29.6. The normalized spacial score (nSPS) is 23.2. The van der Waals surface area contributed by atoms with Gasteiger partial charge in [-0.1, -0.05) is 66.7 Å². The van der Waals surface area contributed by atoms with Gasteiger partial charge in [0.05, 0.1) is 0 Å². The summed E-state index contributed by atoms with van der Waals surface area (Å²) in [5.74, 6) is -4.22. The predicted octanol–water partition coefficient (Wildman–Crippen LogP) is 2.45. The van der Waals surface area contributed by atoms with Crippen LogP contribution in [0.3, 0.4) is 0 Å². The fourth-order valence-electron chi connectivity index (χ4n) is 5.54. The third-order valence-electron chi connectivity index (χ3n) is 7.71. The summed E-state index contributed by atoms with van der Waals surface area (Å²) in [6.07, 6.45) is 1.18. The maximum Gasteiger partial charge on any atom is 0.246 e. The van der Waals surface area contributed by atoms with Crippen molar-refractivity contribution in [3.63, 3.8) is 0 Å². The molecule has 2 saturated heterocycles. The van der Waals surface area contributed by atoms with E-state index in [-0.39, 0.29) is 24.8 Å². The SMILES string of the molecule is O=C1N[C@H](Cc2ccc(F)c(F)c2)C(=O)N[C@@H](Cc2ccccc2)C(=O)N2CCC[C@@H]2C(=O)N[C@H]1Cc1ccccc1. The Labute approximate surface area is 242 Å². The molecule has 3 aromatic rings. The number of halogens is 2. The Morgan fingerprint density at radius 1 is 0.619 bits per heavy atom. The zero-order valence-corrected chi connectivity index (χ0v) is 22.9. The van der Waals surface area contributed by atoms with E-state index in [1.165, 1.54) is 11.0 Å². The number of nitrogens with zero attached hydrogens (tertiary/aromatic N) is 1. The molecule has 0 saturated carbocycles. The van der Waals surface area contributed by atoms with Crippen molar-refractivity contribution in [3.05, 3.63) is 107 Å². The fourth-order valence-corrected chi connectivity index (χ4v) is 5.54. The minimum absolute atomic E-state index is 0.148. The topological polar surface area (TPSA) is 108 Å². The molecule has 0 aliphatic carbocycles. The summed E-state index contributed by atoms with van der Waals surface area (Å²) in [7, 11) is 0. The van der Waals surface area contributed by atoms with Crippen LogP contribution >= 0.6 is 0 Å². The molecule has 10 heteroatoms. The summed E-state index contributed by atoms with van der Waals surface area (Å²) < 4.78 is 27.7. The molecule has 2 aliphatic rings. The highest BCUT2D eigenvalue weighted by atomic mass is 19.2. The lowest BCUT2D eigenvalue weighted by Crippen LogP contribution is -2.62. The number of hydrogen-bond donors (Lipinski definition) is 3. The van der Waals surface area contributed by atoms with Gasteiger partial charge >= 0.3 is 0 Å². The van der Waals surface area contributed by atoms with Crippen LogP contribution in [0.15, 0.2) is 78.9 Å². The molecule has 0 radical (unpaired) electrons. The third kappa shape index (κ3) is 6.82. The van der Waals surface area contributed by atoms with Crippen molar-refractivity contribution in [2.45, 2.75) is 56.3 Å². The van der Waals surface area contributed by atoms with Crippen molar-refractivity contribution in [1.29, 1.82) is 0 Å². The van der Waals surface area contributed by atoms with Crippen molar-refractivity contribution >= 4 is 23.6 Å². The van der Waals surface area contributed by atoms with Crippen LogP contribution in [-0.2, 0) is 38.4 Å². The summed E-state index contributed by atoms with van der Waals surface area (Å²) in [4.78, 5) is 56.3. The van der Waals surface area contributed by atoms with Crippen molar-refractivity contribution in [2.75, 3.05) is 6.54 Å². The second-order valence-corrected chi connectivity index (χ2v) is 10.7. The number of rotatable bonds is 6. The standard InChI is InChI=1S/C32H32F2N4O4/c33-23-14-13-22(16-24(23)34)19-26-30(40)37-27(18-21-10-5-2-6-11-21)32(42)38-15-7-12-28(38)31(41)36-25(29(39)35-26)17-20-8-3-1-4-9-20/h1-6,8-11,13-14,16,25-28H,7,12,15,17-19H2,(H,35,39)(H,36,41)(H,37,40)/t25-,26+,27-,28+/m0/s1. The lowest BCUT2D eigenvalue weighted by atomic mass is 9.99. The van der Waals surface area contributed by atoms with Crippen LogP contribution in [0, 0.1) is 11.6 Å². The Morgan fingerprint density at radius 3 is 1.74 bits per heavy atom. The molecule has 5 rings (SSSR count). The Bertz CT molecular complexity index is 1450. The highest BCUT2D eigenvalue weighted by molar-refractivity contribution is 5.98. The smallest absolute Gasteiger partial charge is 0.246 e. The van der Waals surface area contributed by atoms with E-state index in [1.54, 1.807) is 0 Å². The Hall–Kier alpha value is -4.60. The number of fused-ring (bicyclic) bond motifs is 1. The molecular formula is C32H32F2N4O4. The van der Waals surface area contributed by atoms with Crippen LogP contribution in [0.5, 0.6) is 0 Å². The first-order valence-corrected chi connectivity index (χ1v) is 14.0. The van der Waals surface area contributed by atoms with Gasteiger partial charge in [0.15, 0.2) is 11.6 Å². The predicted molar refractivity (Wildman–Crippen MR) is 151 cm³/mol. The molecule has 8 nitrogen and oxygen atoms in total. The average molecular weight is 575 g/mol. The van der Waals surface area contributed by atoms with Crippen LogP contribution in [0.2, 0.25) is 0 Å². The van der Waals surface area contributed by atoms with Gasteiger partial charge < -0.3 is 20.9 Å². The largest absolute Gasteiger partial charge is 0.342 e. The highest BCUT2D eigenvalue weighted by Gasteiger charge is 2.40. The monoisotopic (exact) mass is 574 g/mol. The van der Waals surface area contributed by atoms with Crippen LogP contribution < -0.4 is 16.0 Å². The van der Waals surface area contributed by atoms with Gasteiger partial charge in [0.1, 0.15) is 24.2 Å². The molecule has 218 valence electrons. The summed E-state index contributed by atoms with van der Waals surface area (Å²) in [5, 5.41) is 8.33. The number of amides is 4. The first-order valence-electron chi connectivity index (χ1n) is 14.0. The number of carbonyl (C=O) groups excluding carboxylic acids is 4. The molecule has 3 N–H and O–H groups in total. The molecule has 0 spiro atoms. The van der Waals surface area contributed by atoms with Crippen LogP contribution in [-0.4, -0.2) is 59.2 Å². The maximum atomic E-state index is 14.0. The van der Waals surface area contributed by atoms with Crippen LogP contribution in [0.4, 0.5) is 8.78 Å². The van der Waals surface area contributed by atoms with Crippen molar-refractivity contribution < 1.29 is 28.0 Å². The lowest BCUT2D eigenvalue weighted by Gasteiger charge is -2.32. The first kappa shape index (κ1) is 28.9. The van der Waals surface area contributed by atoms with Gasteiger partial charge in [0.2, 0.25) is 23.6 Å². The summed E-state index contributed by atoms with van der Waals surface area (Å²) >= 11 is 0. The second-order valence-electron chi connectivity index (χ2n) is 10.7. The molecule has 0 unspecified atom stereocenters. The van der Waals surface area contributed by atoms with E-state index >= 15 is 0 Å². The van der Waals surface area contributed by atoms with Gasteiger partial charge in [-0.3, -0.25) is 19.2 Å². The fraction of sp³-hybridized carbons (Fsp3) is 0.312. The van der Waals surface area contributed by atoms with E-state index in [0.29, 0.717) is 19.4 Å². The number of hydrogen-bond acceptors (Lipinski definition) is 4. The van der Waals surface area contributed by atoms with E-state index in [9.17, 15) is 28.0 Å². The molecule has 0 bridgehead atoms. The quantitative estimate of drug-likeness (QED) is 0.421. The van der Waals surface area contributed by atoms with Gasteiger partial charge in [0.25, 0.3) is 0 Å². The van der Waals surface area contributed by atoms with E-state index in [2.05, 4.69) is 16.0 Å². The average Bonchev–Trinajstić information content (AvgIpc) is 3.48. The molecule has 2 fully saturated rings. The first-order chi connectivity index (χ1) is 20.3. The van der Waals surface area contributed by atoms with E-state index in [1.807, 2.05) is 60.7 Å². The molecule has 3 aromatic carbocycles. The van der Waals surface area contributed by atoms with Crippen LogP contribution in [0.1, 0.15) is 29.5 Å².